The van der Waals surface area contributed by atoms with E-state index >= 15 is 0 Å². The lowest BCUT2D eigenvalue weighted by Gasteiger charge is -2.35. The van der Waals surface area contributed by atoms with Gasteiger partial charge < -0.3 is 30.1 Å². The maximum atomic E-state index is 14.2. The summed E-state index contributed by atoms with van der Waals surface area (Å²) >= 11 is 0. The van der Waals surface area contributed by atoms with Crippen LogP contribution in [0.4, 0.5) is 4.79 Å². The Morgan fingerprint density at radius 3 is 2.36 bits per heavy atom. The Balaban J connectivity index is 2.48. The average molecular weight is 548 g/mol. The highest BCUT2D eigenvalue weighted by atomic mass is 16.6. The molecule has 0 aliphatic heterocycles. The summed E-state index contributed by atoms with van der Waals surface area (Å²) in [6.07, 6.45) is 0.244. The molecule has 39 heavy (non-hydrogen) atoms. The molecule has 0 aromatic heterocycles. The second-order valence-electron chi connectivity index (χ2n) is 11.6. The molecule has 218 valence electrons. The van der Waals surface area contributed by atoms with Gasteiger partial charge in [-0.3, -0.25) is 14.4 Å². The van der Waals surface area contributed by atoms with Gasteiger partial charge in [0.05, 0.1) is 13.0 Å². The zero-order valence-electron chi connectivity index (χ0n) is 24.5. The highest BCUT2D eigenvalue weighted by Gasteiger charge is 2.48. The number of carbonyl (C=O) groups excluding carboxylic acids is 4. The Morgan fingerprint density at radius 1 is 1.18 bits per heavy atom. The molecule has 1 fully saturated rings. The summed E-state index contributed by atoms with van der Waals surface area (Å²) in [6.45, 7) is 14.7. The first kappa shape index (κ1) is 31.9. The maximum Gasteiger partial charge on any atom is 0.408 e. The van der Waals surface area contributed by atoms with Crippen molar-refractivity contribution in [2.75, 3.05) is 13.2 Å². The molecule has 10 heteroatoms. The number of esters is 1. The summed E-state index contributed by atoms with van der Waals surface area (Å²) in [6, 6.07) is 2.65. The largest absolute Gasteiger partial charge is 0.507 e. The van der Waals surface area contributed by atoms with Crippen LogP contribution in [0.3, 0.4) is 0 Å². The second kappa shape index (κ2) is 13.7. The van der Waals surface area contributed by atoms with Gasteiger partial charge in [-0.05, 0) is 64.9 Å². The van der Waals surface area contributed by atoms with Gasteiger partial charge >= 0.3 is 12.1 Å². The Morgan fingerprint density at radius 2 is 1.82 bits per heavy atom. The molecule has 1 aromatic carbocycles. The molecule has 4 unspecified atom stereocenters. The molecule has 0 saturated heterocycles. The van der Waals surface area contributed by atoms with Gasteiger partial charge in [0.2, 0.25) is 11.8 Å². The number of carbonyl (C=O) groups is 4. The Kier molecular flexibility index (Phi) is 11.2. The zero-order chi connectivity index (χ0) is 29.5. The summed E-state index contributed by atoms with van der Waals surface area (Å²) < 4.78 is 10.4. The van der Waals surface area contributed by atoms with Crippen LogP contribution < -0.4 is 10.6 Å². The van der Waals surface area contributed by atoms with Gasteiger partial charge in [-0.25, -0.2) is 4.79 Å². The highest BCUT2D eigenvalue weighted by Crippen LogP contribution is 2.43. The number of alkyl carbamates (subject to hydrolysis) is 1. The van der Waals surface area contributed by atoms with Crippen LogP contribution in [-0.2, 0) is 23.9 Å². The molecule has 1 aromatic rings. The number of hydrogen-bond donors (Lipinski definition) is 3. The summed E-state index contributed by atoms with van der Waals surface area (Å²) in [5.41, 5.74) is 0.0740. The summed E-state index contributed by atoms with van der Waals surface area (Å²) in [5.74, 6) is -1.33. The quantitative estimate of drug-likeness (QED) is 0.337. The topological polar surface area (TPSA) is 134 Å². The minimum absolute atomic E-state index is 0.00851. The van der Waals surface area contributed by atoms with Crippen molar-refractivity contribution in [3.63, 3.8) is 0 Å². The number of hydrogen-bond acceptors (Lipinski definition) is 7. The lowest BCUT2D eigenvalue weighted by Crippen LogP contribution is -2.54. The normalized spacial score (nSPS) is 18.1. The SMILES string of the molecule is CCOC(=O)CCNC(=O)C(c1cccc(C)c1O)N(C(=O)C(CC(C)C)NC(=O)OC(C)(C)C)C1CC1C. The van der Waals surface area contributed by atoms with Crippen LogP contribution in [0.25, 0.3) is 0 Å². The van der Waals surface area contributed by atoms with E-state index in [-0.39, 0.29) is 48.8 Å². The molecule has 0 bridgehead atoms. The average Bonchev–Trinajstić information content (AvgIpc) is 3.53. The molecule has 2 rings (SSSR count). The molecule has 3 amide bonds. The van der Waals surface area contributed by atoms with E-state index in [2.05, 4.69) is 10.6 Å². The van der Waals surface area contributed by atoms with E-state index in [1.54, 1.807) is 52.8 Å². The van der Waals surface area contributed by atoms with Crippen LogP contribution in [-0.4, -0.2) is 64.7 Å². The van der Waals surface area contributed by atoms with Crippen LogP contribution in [0.2, 0.25) is 0 Å². The van der Waals surface area contributed by atoms with E-state index < -0.39 is 41.6 Å². The number of ether oxygens (including phenoxy) is 2. The van der Waals surface area contributed by atoms with Gasteiger partial charge in [-0.1, -0.05) is 39.0 Å². The van der Waals surface area contributed by atoms with E-state index in [1.807, 2.05) is 20.8 Å². The third-order valence-electron chi connectivity index (χ3n) is 6.40. The molecule has 4 atom stereocenters. The number of para-hydroxylation sites is 1. The Bertz CT molecular complexity index is 1030. The number of benzene rings is 1. The van der Waals surface area contributed by atoms with Crippen molar-refractivity contribution in [2.45, 2.75) is 98.4 Å². The van der Waals surface area contributed by atoms with Gasteiger partial charge in [0, 0.05) is 18.2 Å². The molecule has 3 N–H and O–H groups in total. The molecule has 1 aliphatic rings. The predicted octanol–water partition coefficient (Wildman–Crippen LogP) is 3.99. The number of rotatable bonds is 12. The first-order valence-corrected chi connectivity index (χ1v) is 13.7. The molecular formula is C29H45N3O7. The smallest absolute Gasteiger partial charge is 0.408 e. The van der Waals surface area contributed by atoms with Crippen LogP contribution in [0.5, 0.6) is 5.75 Å². The van der Waals surface area contributed by atoms with E-state index in [0.29, 0.717) is 18.4 Å². The molecule has 1 saturated carbocycles. The van der Waals surface area contributed by atoms with Gasteiger partial charge in [0.15, 0.2) is 0 Å². The molecule has 0 radical (unpaired) electrons. The minimum Gasteiger partial charge on any atom is -0.507 e. The third kappa shape index (κ3) is 9.44. The van der Waals surface area contributed by atoms with E-state index in [1.165, 1.54) is 4.90 Å². The lowest BCUT2D eigenvalue weighted by molar-refractivity contribution is -0.145. The van der Waals surface area contributed by atoms with Crippen LogP contribution in [0.15, 0.2) is 18.2 Å². The fourth-order valence-electron chi connectivity index (χ4n) is 4.43. The van der Waals surface area contributed by atoms with Crippen molar-refractivity contribution < 1.29 is 33.8 Å². The van der Waals surface area contributed by atoms with E-state index in [4.69, 9.17) is 9.47 Å². The molecule has 10 nitrogen and oxygen atoms in total. The fourth-order valence-corrected chi connectivity index (χ4v) is 4.43. The number of nitrogens with one attached hydrogen (secondary N) is 2. The molecule has 0 heterocycles. The number of phenols is 1. The van der Waals surface area contributed by atoms with Gasteiger partial charge in [0.1, 0.15) is 23.4 Å². The van der Waals surface area contributed by atoms with Gasteiger partial charge in [-0.2, -0.15) is 0 Å². The summed E-state index contributed by atoms with van der Waals surface area (Å²) in [7, 11) is 0. The minimum atomic E-state index is -1.18. The number of nitrogens with zero attached hydrogens (tertiary/aromatic N) is 1. The number of aromatic hydroxyl groups is 1. The highest BCUT2D eigenvalue weighted by molar-refractivity contribution is 5.93. The summed E-state index contributed by atoms with van der Waals surface area (Å²) in [4.78, 5) is 53.9. The van der Waals surface area contributed by atoms with Crippen LogP contribution in [0.1, 0.15) is 84.9 Å². The first-order chi connectivity index (χ1) is 18.2. The van der Waals surface area contributed by atoms with Crippen molar-refractivity contribution in [3.8, 4) is 5.75 Å². The van der Waals surface area contributed by atoms with E-state index in [9.17, 15) is 24.3 Å². The molecule has 0 spiro atoms. The fraction of sp³-hybridized carbons (Fsp3) is 0.655. The van der Waals surface area contributed by atoms with Crippen molar-refractivity contribution in [2.24, 2.45) is 11.8 Å². The Labute approximate surface area is 231 Å². The monoisotopic (exact) mass is 547 g/mol. The van der Waals surface area contributed by atoms with Crippen molar-refractivity contribution >= 4 is 23.9 Å². The van der Waals surface area contributed by atoms with Gasteiger partial charge in [0.25, 0.3) is 0 Å². The van der Waals surface area contributed by atoms with Crippen molar-refractivity contribution in [3.05, 3.63) is 29.3 Å². The third-order valence-corrected chi connectivity index (χ3v) is 6.40. The lowest BCUT2D eigenvalue weighted by atomic mass is 9.97. The molecule has 1 aliphatic carbocycles. The summed E-state index contributed by atoms with van der Waals surface area (Å²) in [5, 5.41) is 16.4. The Hall–Kier alpha value is -3.30. The van der Waals surface area contributed by atoms with Gasteiger partial charge in [-0.15, -0.1) is 0 Å². The standard InChI is InChI=1S/C29H45N3O7/c1-9-38-23(33)13-14-30-26(35)24(20-12-10-11-18(4)25(20)34)32(22-16-19(22)5)27(36)21(15-17(2)3)31-28(37)39-29(6,7)8/h10-12,17,19,21-22,24,34H,9,13-16H2,1-8H3,(H,30,35)(H,31,37). The number of aryl methyl sites for hydroxylation is 1. The first-order valence-electron chi connectivity index (χ1n) is 13.7. The zero-order valence-corrected chi connectivity index (χ0v) is 24.5. The van der Waals surface area contributed by atoms with Crippen molar-refractivity contribution in [1.82, 2.24) is 15.5 Å². The predicted molar refractivity (Wildman–Crippen MR) is 147 cm³/mol. The number of phenolic OH excluding ortho intramolecular Hbond substituents is 1. The van der Waals surface area contributed by atoms with Crippen LogP contribution in [0, 0.1) is 18.8 Å². The van der Waals surface area contributed by atoms with Crippen LogP contribution >= 0.6 is 0 Å². The van der Waals surface area contributed by atoms with Crippen molar-refractivity contribution in [1.29, 1.82) is 0 Å². The maximum absolute atomic E-state index is 14.2. The van der Waals surface area contributed by atoms with E-state index in [0.717, 1.165) is 0 Å². The molecular weight excluding hydrogens is 502 g/mol. The second-order valence-corrected chi connectivity index (χ2v) is 11.6. The number of amides is 3.